The molecule has 5 nitrogen and oxygen atoms in total. The Morgan fingerprint density at radius 2 is 2.00 bits per heavy atom. The summed E-state index contributed by atoms with van der Waals surface area (Å²) in [5.74, 6) is -5.32. The number of nitrogens with zero attached hydrogens (tertiary/aromatic N) is 1. The lowest BCUT2D eigenvalue weighted by Crippen LogP contribution is -2.16. The Kier molecular flexibility index (Phi) is 4.63. The van der Waals surface area contributed by atoms with Crippen molar-refractivity contribution in [3.05, 3.63) is 52.2 Å². The normalized spacial score (nSPS) is 10.4. The average molecular weight is 315 g/mol. The molecule has 0 unspecified atom stereocenters. The third-order valence-electron chi connectivity index (χ3n) is 2.30. The number of carbonyl (C=O) groups is 1. The van der Waals surface area contributed by atoms with Crippen LogP contribution in [0.3, 0.4) is 0 Å². The summed E-state index contributed by atoms with van der Waals surface area (Å²) in [5, 5.41) is 2.31. The molecule has 1 aromatic heterocycles. The van der Waals surface area contributed by atoms with Crippen molar-refractivity contribution in [2.24, 2.45) is 0 Å². The van der Waals surface area contributed by atoms with Crippen LogP contribution in [0.1, 0.15) is 0 Å². The van der Waals surface area contributed by atoms with E-state index in [1.54, 1.807) is 0 Å². The molecular weight excluding hydrogens is 307 g/mol. The van der Waals surface area contributed by atoms with E-state index >= 15 is 0 Å². The Labute approximate surface area is 120 Å². The van der Waals surface area contributed by atoms with Crippen molar-refractivity contribution >= 4 is 23.4 Å². The van der Waals surface area contributed by atoms with Gasteiger partial charge in [0.25, 0.3) is 5.56 Å². The number of aromatic amines is 1. The van der Waals surface area contributed by atoms with Gasteiger partial charge < -0.3 is 10.3 Å². The first-order valence-corrected chi connectivity index (χ1v) is 6.57. The monoisotopic (exact) mass is 315 g/mol. The second kappa shape index (κ2) is 6.44. The highest BCUT2D eigenvalue weighted by Gasteiger charge is 2.15. The second-order valence-electron chi connectivity index (χ2n) is 3.80. The molecule has 1 amide bonds. The van der Waals surface area contributed by atoms with Gasteiger partial charge in [0.2, 0.25) is 5.91 Å². The molecule has 0 fully saturated rings. The fraction of sp³-hybridized carbons (Fsp3) is 0.0833. The largest absolute Gasteiger partial charge is 0.323 e. The first-order valence-electron chi connectivity index (χ1n) is 5.59. The maximum absolute atomic E-state index is 13.3. The van der Waals surface area contributed by atoms with E-state index in [2.05, 4.69) is 15.3 Å². The van der Waals surface area contributed by atoms with E-state index < -0.39 is 29.0 Å². The van der Waals surface area contributed by atoms with Crippen LogP contribution < -0.4 is 10.9 Å². The van der Waals surface area contributed by atoms with Crippen LogP contribution in [-0.4, -0.2) is 21.6 Å². The molecule has 0 aliphatic carbocycles. The Balaban J connectivity index is 1.99. The average Bonchev–Trinajstić information content (AvgIpc) is 2.46. The van der Waals surface area contributed by atoms with Gasteiger partial charge >= 0.3 is 0 Å². The molecule has 110 valence electrons. The number of rotatable bonds is 4. The molecule has 1 aromatic carbocycles. The van der Waals surface area contributed by atoms with Gasteiger partial charge in [0.1, 0.15) is 0 Å². The van der Waals surface area contributed by atoms with Gasteiger partial charge in [0.15, 0.2) is 22.6 Å². The quantitative estimate of drug-likeness (QED) is 0.513. The van der Waals surface area contributed by atoms with E-state index in [9.17, 15) is 22.8 Å². The molecule has 0 aliphatic heterocycles. The minimum Gasteiger partial charge on any atom is -0.323 e. The van der Waals surface area contributed by atoms with Crippen LogP contribution in [0.15, 0.2) is 34.3 Å². The van der Waals surface area contributed by atoms with Gasteiger partial charge in [-0.25, -0.2) is 18.2 Å². The zero-order chi connectivity index (χ0) is 15.4. The van der Waals surface area contributed by atoms with Crippen molar-refractivity contribution in [1.82, 2.24) is 9.97 Å². The summed E-state index contributed by atoms with van der Waals surface area (Å²) in [6.07, 6.45) is 1.27. The smallest absolute Gasteiger partial charge is 0.251 e. The molecule has 9 heteroatoms. The lowest BCUT2D eigenvalue weighted by molar-refractivity contribution is -0.113. The number of amides is 1. The fourth-order valence-corrected chi connectivity index (χ4v) is 2.02. The van der Waals surface area contributed by atoms with Crippen LogP contribution in [0.4, 0.5) is 18.9 Å². The van der Waals surface area contributed by atoms with Gasteiger partial charge in [0, 0.05) is 12.3 Å². The molecule has 0 radical (unpaired) electrons. The van der Waals surface area contributed by atoms with Gasteiger partial charge in [0.05, 0.1) is 11.4 Å². The van der Waals surface area contributed by atoms with Gasteiger partial charge in [-0.2, -0.15) is 0 Å². The van der Waals surface area contributed by atoms with E-state index in [-0.39, 0.29) is 16.5 Å². The summed E-state index contributed by atoms with van der Waals surface area (Å²) in [4.78, 5) is 28.8. The highest BCUT2D eigenvalue weighted by Crippen LogP contribution is 2.20. The molecule has 21 heavy (non-hydrogen) atoms. The molecule has 1 heterocycles. The zero-order valence-electron chi connectivity index (χ0n) is 10.3. The van der Waals surface area contributed by atoms with Crippen LogP contribution in [0.5, 0.6) is 0 Å². The molecule has 0 aliphatic rings. The molecule has 0 bridgehead atoms. The van der Waals surface area contributed by atoms with Crippen LogP contribution in [0.25, 0.3) is 0 Å². The van der Waals surface area contributed by atoms with E-state index in [0.29, 0.717) is 6.07 Å². The number of carbonyl (C=O) groups excluding carboxylic acids is 1. The van der Waals surface area contributed by atoms with Crippen LogP contribution in [-0.2, 0) is 4.79 Å². The summed E-state index contributed by atoms with van der Waals surface area (Å²) in [7, 11) is 0. The zero-order valence-corrected chi connectivity index (χ0v) is 11.1. The maximum Gasteiger partial charge on any atom is 0.251 e. The minimum absolute atomic E-state index is 0.189. The molecule has 2 N–H and O–H groups in total. The lowest BCUT2D eigenvalue weighted by atomic mass is 10.3. The molecule has 2 aromatic rings. The van der Waals surface area contributed by atoms with Gasteiger partial charge in [-0.05, 0) is 12.1 Å². The number of halogens is 3. The highest BCUT2D eigenvalue weighted by molar-refractivity contribution is 7.99. The number of hydrogen-bond donors (Lipinski definition) is 2. The van der Waals surface area contributed by atoms with Crippen LogP contribution >= 0.6 is 11.8 Å². The number of nitrogens with one attached hydrogen (secondary N) is 2. The molecular formula is C12H8F3N3O2S. The standard InChI is InChI=1S/C12H8F3N3O2S/c13-6-1-2-7(11(15)10(6)14)17-9(20)5-21-12-16-4-3-8(19)18-12/h1-4H,5H2,(H,17,20)(H,16,18,19). The van der Waals surface area contributed by atoms with Gasteiger partial charge in [-0.15, -0.1) is 0 Å². The Morgan fingerprint density at radius 3 is 2.71 bits per heavy atom. The number of H-pyrrole nitrogens is 1. The molecule has 0 saturated carbocycles. The Bertz CT molecular complexity index is 736. The molecule has 0 spiro atoms. The number of aromatic nitrogens is 2. The Morgan fingerprint density at radius 1 is 1.24 bits per heavy atom. The summed E-state index contributed by atoms with van der Waals surface area (Å²) in [6, 6.07) is 2.83. The van der Waals surface area contributed by atoms with Crippen molar-refractivity contribution in [1.29, 1.82) is 0 Å². The summed E-state index contributed by atoms with van der Waals surface area (Å²) in [5.41, 5.74) is -0.839. The van der Waals surface area contributed by atoms with Crippen molar-refractivity contribution in [3.8, 4) is 0 Å². The van der Waals surface area contributed by atoms with Crippen LogP contribution in [0.2, 0.25) is 0 Å². The number of hydrogen-bond acceptors (Lipinski definition) is 4. The number of anilines is 1. The summed E-state index contributed by atoms with van der Waals surface area (Å²) < 4.78 is 39.1. The van der Waals surface area contributed by atoms with Crippen LogP contribution in [0, 0.1) is 17.5 Å². The topological polar surface area (TPSA) is 74.8 Å². The van der Waals surface area contributed by atoms with E-state index in [4.69, 9.17) is 0 Å². The number of benzene rings is 1. The predicted octanol–water partition coefficient (Wildman–Crippen LogP) is 1.92. The third kappa shape index (κ3) is 3.85. The lowest BCUT2D eigenvalue weighted by Gasteiger charge is -2.06. The maximum atomic E-state index is 13.3. The molecule has 0 atom stereocenters. The van der Waals surface area contributed by atoms with Crippen molar-refractivity contribution in [2.75, 3.05) is 11.1 Å². The van der Waals surface area contributed by atoms with E-state index in [1.165, 1.54) is 12.3 Å². The van der Waals surface area contributed by atoms with Gasteiger partial charge in [-0.3, -0.25) is 9.59 Å². The molecule has 2 rings (SSSR count). The first-order chi connectivity index (χ1) is 9.97. The molecule has 0 saturated heterocycles. The summed E-state index contributed by atoms with van der Waals surface area (Å²) >= 11 is 0.906. The fourth-order valence-electron chi connectivity index (χ4n) is 1.37. The van der Waals surface area contributed by atoms with E-state index in [1.807, 2.05) is 0 Å². The number of thioether (sulfide) groups is 1. The SMILES string of the molecule is O=C(CSc1nccc(=O)[nH]1)Nc1ccc(F)c(F)c1F. The van der Waals surface area contributed by atoms with Crippen molar-refractivity contribution < 1.29 is 18.0 Å². The second-order valence-corrected chi connectivity index (χ2v) is 4.76. The third-order valence-corrected chi connectivity index (χ3v) is 3.18. The highest BCUT2D eigenvalue weighted by atomic mass is 32.2. The van der Waals surface area contributed by atoms with Crippen molar-refractivity contribution in [3.63, 3.8) is 0 Å². The van der Waals surface area contributed by atoms with Crippen molar-refractivity contribution in [2.45, 2.75) is 5.16 Å². The minimum atomic E-state index is -1.66. The Hall–Kier alpha value is -2.29. The van der Waals surface area contributed by atoms with E-state index in [0.717, 1.165) is 17.8 Å². The summed E-state index contributed by atoms with van der Waals surface area (Å²) in [6.45, 7) is 0. The first kappa shape index (κ1) is 15.1. The predicted molar refractivity (Wildman–Crippen MR) is 70.5 cm³/mol. The van der Waals surface area contributed by atoms with Gasteiger partial charge in [-0.1, -0.05) is 11.8 Å².